The number of sulfone groups is 1. The smallest absolute Gasteiger partial charge is 0.191 e. The van der Waals surface area contributed by atoms with Crippen molar-refractivity contribution in [1.29, 1.82) is 0 Å². The zero-order valence-corrected chi connectivity index (χ0v) is 15.6. The van der Waals surface area contributed by atoms with Crippen molar-refractivity contribution in [3.05, 3.63) is 0 Å². The van der Waals surface area contributed by atoms with E-state index in [1.165, 1.54) is 12.8 Å². The summed E-state index contributed by atoms with van der Waals surface area (Å²) in [5, 5.41) is 6.74. The number of nitrogens with one attached hydrogen (secondary N) is 2. The molecule has 0 aromatic heterocycles. The molecule has 1 aliphatic heterocycles. The van der Waals surface area contributed by atoms with Crippen molar-refractivity contribution in [2.75, 3.05) is 18.1 Å². The molecule has 1 saturated heterocycles. The molecule has 0 aromatic carbocycles. The summed E-state index contributed by atoms with van der Waals surface area (Å²) in [4.78, 5) is 4.57. The second kappa shape index (κ2) is 6.81. The van der Waals surface area contributed by atoms with Crippen LogP contribution < -0.4 is 10.6 Å². The molecule has 5 nitrogen and oxygen atoms in total. The van der Waals surface area contributed by atoms with Crippen molar-refractivity contribution in [2.24, 2.45) is 10.9 Å². The molecule has 0 radical (unpaired) electrons. The van der Waals surface area contributed by atoms with Crippen LogP contribution in [0, 0.1) is 5.92 Å². The fourth-order valence-electron chi connectivity index (χ4n) is 2.13. The Morgan fingerprint density at radius 1 is 1.25 bits per heavy atom. The SMILES string of the molecule is CC(C)(C)NC(=NCC1CCS(=O)(=O)C1)NC1CC1.I. The molecule has 2 fully saturated rings. The molecule has 1 atom stereocenters. The van der Waals surface area contributed by atoms with Crippen LogP contribution in [0.1, 0.15) is 40.0 Å². The molecule has 20 heavy (non-hydrogen) atoms. The third kappa shape index (κ3) is 6.60. The Labute approximate surface area is 139 Å². The molecule has 0 spiro atoms. The monoisotopic (exact) mass is 415 g/mol. The quantitative estimate of drug-likeness (QED) is 0.417. The maximum absolute atomic E-state index is 11.4. The van der Waals surface area contributed by atoms with E-state index in [0.717, 1.165) is 12.4 Å². The van der Waals surface area contributed by atoms with Gasteiger partial charge in [0.15, 0.2) is 15.8 Å². The first-order valence-corrected chi connectivity index (χ1v) is 8.85. The lowest BCUT2D eigenvalue weighted by molar-refractivity contribution is 0.497. The van der Waals surface area contributed by atoms with Crippen LogP contribution >= 0.6 is 24.0 Å². The molecular formula is C13H26IN3O2S. The number of nitrogens with zero attached hydrogens (tertiary/aromatic N) is 1. The van der Waals surface area contributed by atoms with E-state index in [4.69, 9.17) is 0 Å². The van der Waals surface area contributed by atoms with E-state index >= 15 is 0 Å². The molecule has 2 N–H and O–H groups in total. The van der Waals surface area contributed by atoms with Crippen molar-refractivity contribution in [3.63, 3.8) is 0 Å². The average Bonchev–Trinajstić information content (AvgIpc) is 2.97. The molecule has 1 saturated carbocycles. The van der Waals surface area contributed by atoms with Crippen LogP contribution in [-0.2, 0) is 9.84 Å². The minimum Gasteiger partial charge on any atom is -0.354 e. The standard InChI is InChI=1S/C13H25N3O2S.HI/c1-13(2,3)16-12(15-11-4-5-11)14-8-10-6-7-19(17,18)9-10;/h10-11H,4-9H2,1-3H3,(H2,14,15,16);1H. The third-order valence-electron chi connectivity index (χ3n) is 3.25. The fraction of sp³-hybridized carbons (Fsp3) is 0.923. The van der Waals surface area contributed by atoms with Crippen molar-refractivity contribution in [3.8, 4) is 0 Å². The first kappa shape index (κ1) is 18.0. The molecular weight excluding hydrogens is 389 g/mol. The Balaban J connectivity index is 0.00000200. The number of hydrogen-bond donors (Lipinski definition) is 2. The van der Waals surface area contributed by atoms with Crippen molar-refractivity contribution in [2.45, 2.75) is 51.6 Å². The Morgan fingerprint density at radius 2 is 1.90 bits per heavy atom. The van der Waals surface area contributed by atoms with Crippen LogP contribution in [0.25, 0.3) is 0 Å². The van der Waals surface area contributed by atoms with Crippen LogP contribution in [0.15, 0.2) is 4.99 Å². The fourth-order valence-corrected chi connectivity index (χ4v) is 3.98. The number of hydrogen-bond acceptors (Lipinski definition) is 3. The van der Waals surface area contributed by atoms with E-state index in [1.54, 1.807) is 0 Å². The van der Waals surface area contributed by atoms with E-state index in [2.05, 4.69) is 36.4 Å². The number of aliphatic imine (C=N–C) groups is 1. The summed E-state index contributed by atoms with van der Waals surface area (Å²) < 4.78 is 22.8. The van der Waals surface area contributed by atoms with Gasteiger partial charge in [0.05, 0.1) is 11.5 Å². The number of halogens is 1. The molecule has 1 aliphatic carbocycles. The maximum atomic E-state index is 11.4. The highest BCUT2D eigenvalue weighted by molar-refractivity contribution is 14.0. The van der Waals surface area contributed by atoms with Crippen molar-refractivity contribution < 1.29 is 8.42 Å². The predicted molar refractivity (Wildman–Crippen MR) is 93.5 cm³/mol. The van der Waals surface area contributed by atoms with Crippen LogP contribution in [0.3, 0.4) is 0 Å². The van der Waals surface area contributed by atoms with Gasteiger partial charge in [-0.2, -0.15) is 0 Å². The minimum absolute atomic E-state index is 0. The van der Waals surface area contributed by atoms with Gasteiger partial charge in [-0.25, -0.2) is 8.42 Å². The normalized spacial score (nSPS) is 25.9. The van der Waals surface area contributed by atoms with Gasteiger partial charge >= 0.3 is 0 Å². The largest absolute Gasteiger partial charge is 0.354 e. The van der Waals surface area contributed by atoms with E-state index in [9.17, 15) is 8.42 Å². The summed E-state index contributed by atoms with van der Waals surface area (Å²) in [7, 11) is -2.80. The third-order valence-corrected chi connectivity index (χ3v) is 5.08. The molecule has 1 heterocycles. The zero-order valence-electron chi connectivity index (χ0n) is 12.5. The van der Waals surface area contributed by atoms with E-state index in [1.807, 2.05) is 0 Å². The zero-order chi connectivity index (χ0) is 14.1. The Bertz CT molecular complexity index is 453. The van der Waals surface area contributed by atoms with Gasteiger partial charge < -0.3 is 10.6 Å². The van der Waals surface area contributed by atoms with Gasteiger partial charge in [0.1, 0.15) is 0 Å². The summed E-state index contributed by atoms with van der Waals surface area (Å²) in [6.45, 7) is 6.88. The highest BCUT2D eigenvalue weighted by atomic mass is 127. The van der Waals surface area contributed by atoms with Crippen molar-refractivity contribution in [1.82, 2.24) is 10.6 Å². The van der Waals surface area contributed by atoms with E-state index < -0.39 is 9.84 Å². The lowest BCUT2D eigenvalue weighted by Crippen LogP contribution is -2.48. The lowest BCUT2D eigenvalue weighted by Gasteiger charge is -2.24. The van der Waals surface area contributed by atoms with Gasteiger partial charge in [-0.1, -0.05) is 0 Å². The minimum atomic E-state index is -2.80. The summed E-state index contributed by atoms with van der Waals surface area (Å²) in [5.74, 6) is 1.62. The topological polar surface area (TPSA) is 70.6 Å². The lowest BCUT2D eigenvalue weighted by atomic mass is 10.1. The Hall–Kier alpha value is -0.0500. The molecule has 1 unspecified atom stereocenters. The van der Waals surface area contributed by atoms with Crippen molar-refractivity contribution >= 4 is 39.8 Å². The Kier molecular flexibility index (Phi) is 6.13. The first-order valence-electron chi connectivity index (χ1n) is 7.03. The van der Waals surface area contributed by atoms with Gasteiger partial charge in [0.2, 0.25) is 0 Å². The molecule has 0 amide bonds. The van der Waals surface area contributed by atoms with E-state index in [0.29, 0.717) is 24.1 Å². The summed E-state index contributed by atoms with van der Waals surface area (Å²) in [6, 6.07) is 0.543. The molecule has 0 aromatic rings. The van der Waals surface area contributed by atoms with Gasteiger partial charge in [0.25, 0.3) is 0 Å². The predicted octanol–water partition coefficient (Wildman–Crippen LogP) is 1.54. The van der Waals surface area contributed by atoms with Crippen LogP contribution in [0.4, 0.5) is 0 Å². The maximum Gasteiger partial charge on any atom is 0.191 e. The Morgan fingerprint density at radius 3 is 2.35 bits per heavy atom. The number of rotatable bonds is 3. The first-order chi connectivity index (χ1) is 8.73. The van der Waals surface area contributed by atoms with Crippen LogP contribution in [0.5, 0.6) is 0 Å². The molecule has 0 bridgehead atoms. The van der Waals surface area contributed by atoms with Gasteiger partial charge in [-0.05, 0) is 46.0 Å². The molecule has 2 rings (SSSR count). The van der Waals surface area contributed by atoms with Gasteiger partial charge in [0, 0.05) is 18.1 Å². The second-order valence-electron chi connectivity index (χ2n) is 6.75. The second-order valence-corrected chi connectivity index (χ2v) is 8.98. The highest BCUT2D eigenvalue weighted by Gasteiger charge is 2.28. The summed E-state index contributed by atoms with van der Waals surface area (Å²) >= 11 is 0. The highest BCUT2D eigenvalue weighted by Crippen LogP contribution is 2.20. The average molecular weight is 415 g/mol. The molecule has 118 valence electrons. The number of guanidine groups is 1. The van der Waals surface area contributed by atoms with Gasteiger partial charge in [-0.3, -0.25) is 4.99 Å². The summed E-state index contributed by atoms with van der Waals surface area (Å²) in [6.07, 6.45) is 3.14. The molecule has 2 aliphatic rings. The van der Waals surface area contributed by atoms with Crippen LogP contribution in [0.2, 0.25) is 0 Å². The van der Waals surface area contributed by atoms with Gasteiger partial charge in [-0.15, -0.1) is 24.0 Å². The van der Waals surface area contributed by atoms with Crippen LogP contribution in [-0.4, -0.2) is 44.0 Å². The van der Waals surface area contributed by atoms with E-state index in [-0.39, 0.29) is 35.4 Å². The molecule has 7 heteroatoms. The summed E-state index contributed by atoms with van der Waals surface area (Å²) in [5.41, 5.74) is -0.0392.